The number of hydrogen-bond donors (Lipinski definition) is 1. The summed E-state index contributed by atoms with van der Waals surface area (Å²) < 4.78 is 51.8. The van der Waals surface area contributed by atoms with Gasteiger partial charge in [-0.05, 0) is 41.9 Å². The average Bonchev–Trinajstić information content (AvgIpc) is 2.92. The maximum absolute atomic E-state index is 14.1. The molecule has 0 aliphatic heterocycles. The molecule has 1 N–H and O–H groups in total. The molecule has 1 aromatic heterocycles. The molecule has 2 aromatic carbocycles. The fourth-order valence-corrected chi connectivity index (χ4v) is 5.83. The Bertz CT molecular complexity index is 1290. The zero-order chi connectivity index (χ0) is 28.1. The SMILES string of the molecule is COc1ccc(CN(Cc2ccc(OC)cc2OC)S(=O)(=O)[C@@H](C)[C@@](C)(O)c2ncc(Br)cn2)c(OC)c1. The van der Waals surface area contributed by atoms with Crippen LogP contribution >= 0.6 is 15.9 Å². The van der Waals surface area contributed by atoms with Gasteiger partial charge in [-0.25, -0.2) is 18.4 Å². The van der Waals surface area contributed by atoms with Gasteiger partial charge in [0, 0.05) is 48.7 Å². The molecule has 0 amide bonds. The van der Waals surface area contributed by atoms with Gasteiger partial charge in [-0.3, -0.25) is 0 Å². The lowest BCUT2D eigenvalue weighted by molar-refractivity contribution is 0.0450. The lowest BCUT2D eigenvalue weighted by atomic mass is 10.0. The van der Waals surface area contributed by atoms with Crippen LogP contribution in [0.2, 0.25) is 0 Å². The van der Waals surface area contributed by atoms with E-state index in [0.717, 1.165) is 0 Å². The topological polar surface area (TPSA) is 120 Å². The zero-order valence-electron chi connectivity index (χ0n) is 22.1. The van der Waals surface area contributed by atoms with Gasteiger partial charge in [-0.2, -0.15) is 4.31 Å². The van der Waals surface area contributed by atoms with E-state index in [1.54, 1.807) is 36.4 Å². The third-order valence-electron chi connectivity index (χ3n) is 6.35. The maximum atomic E-state index is 14.1. The second kappa shape index (κ2) is 12.3. The zero-order valence-corrected chi connectivity index (χ0v) is 24.5. The molecular formula is C26H32BrN3O7S. The molecule has 38 heavy (non-hydrogen) atoms. The van der Waals surface area contributed by atoms with Crippen LogP contribution in [0.5, 0.6) is 23.0 Å². The first-order valence-electron chi connectivity index (χ1n) is 11.6. The second-order valence-electron chi connectivity index (χ2n) is 8.68. The third kappa shape index (κ3) is 6.37. The van der Waals surface area contributed by atoms with Gasteiger partial charge in [0.1, 0.15) is 33.8 Å². The highest BCUT2D eigenvalue weighted by atomic mass is 79.9. The first-order chi connectivity index (χ1) is 18.0. The lowest BCUT2D eigenvalue weighted by Gasteiger charge is -2.33. The van der Waals surface area contributed by atoms with Crippen molar-refractivity contribution < 1.29 is 32.5 Å². The summed E-state index contributed by atoms with van der Waals surface area (Å²) in [6, 6.07) is 10.3. The van der Waals surface area contributed by atoms with Crippen LogP contribution < -0.4 is 18.9 Å². The van der Waals surface area contributed by atoms with Crippen LogP contribution in [0.25, 0.3) is 0 Å². The monoisotopic (exact) mass is 609 g/mol. The molecule has 0 unspecified atom stereocenters. The molecule has 3 aromatic rings. The maximum Gasteiger partial charge on any atom is 0.220 e. The molecule has 0 spiro atoms. The summed E-state index contributed by atoms with van der Waals surface area (Å²) in [5.41, 5.74) is -0.682. The van der Waals surface area contributed by atoms with E-state index in [0.29, 0.717) is 38.6 Å². The smallest absolute Gasteiger partial charge is 0.220 e. The minimum atomic E-state index is -4.18. The second-order valence-corrected chi connectivity index (χ2v) is 11.9. The van der Waals surface area contributed by atoms with Crippen LogP contribution in [0.1, 0.15) is 30.8 Å². The Hall–Kier alpha value is -2.93. The molecule has 206 valence electrons. The Kier molecular flexibility index (Phi) is 9.58. The normalized spacial score (nSPS) is 14.0. The predicted molar refractivity (Wildman–Crippen MR) is 146 cm³/mol. The van der Waals surface area contributed by atoms with E-state index in [2.05, 4.69) is 25.9 Å². The van der Waals surface area contributed by atoms with Crippen molar-refractivity contribution in [2.45, 2.75) is 37.8 Å². The molecule has 0 bridgehead atoms. The van der Waals surface area contributed by atoms with Crippen molar-refractivity contribution in [2.75, 3.05) is 28.4 Å². The first kappa shape index (κ1) is 29.6. The molecule has 2 atom stereocenters. The van der Waals surface area contributed by atoms with Crippen molar-refractivity contribution in [3.63, 3.8) is 0 Å². The Labute approximate surface area is 231 Å². The number of methoxy groups -OCH3 is 4. The standard InChI is InChI=1S/C26H32BrN3O7S/c1-17(26(2,31)25-28-13-20(27)14-29-25)38(32,33)30(15-18-7-9-21(34-3)11-23(18)36-5)16-19-8-10-22(35-4)12-24(19)37-6/h7-14,17,31H,15-16H2,1-6H3/t17-,26+/m0/s1. The van der Waals surface area contributed by atoms with Crippen molar-refractivity contribution in [2.24, 2.45) is 0 Å². The van der Waals surface area contributed by atoms with E-state index in [4.69, 9.17) is 18.9 Å². The highest BCUT2D eigenvalue weighted by molar-refractivity contribution is 9.10. The van der Waals surface area contributed by atoms with Crippen LogP contribution in [0, 0.1) is 0 Å². The number of rotatable bonds is 12. The molecule has 10 nitrogen and oxygen atoms in total. The quantitative estimate of drug-likeness (QED) is 0.326. The summed E-state index contributed by atoms with van der Waals surface area (Å²) in [6.07, 6.45) is 2.91. The van der Waals surface area contributed by atoms with Gasteiger partial charge in [-0.1, -0.05) is 12.1 Å². The van der Waals surface area contributed by atoms with Crippen molar-refractivity contribution in [3.8, 4) is 23.0 Å². The molecule has 1 heterocycles. The molecule has 0 saturated carbocycles. The summed E-state index contributed by atoms with van der Waals surface area (Å²) >= 11 is 3.26. The van der Waals surface area contributed by atoms with Gasteiger partial charge in [0.15, 0.2) is 5.82 Å². The summed E-state index contributed by atoms with van der Waals surface area (Å²) in [4.78, 5) is 8.29. The lowest BCUT2D eigenvalue weighted by Crippen LogP contribution is -2.47. The third-order valence-corrected chi connectivity index (χ3v) is 9.09. The minimum Gasteiger partial charge on any atom is -0.497 e. The number of nitrogens with zero attached hydrogens (tertiary/aromatic N) is 3. The van der Waals surface area contributed by atoms with E-state index in [-0.39, 0.29) is 18.9 Å². The van der Waals surface area contributed by atoms with Gasteiger partial charge < -0.3 is 24.1 Å². The van der Waals surface area contributed by atoms with Crippen molar-refractivity contribution >= 4 is 26.0 Å². The number of benzene rings is 2. The summed E-state index contributed by atoms with van der Waals surface area (Å²) in [7, 11) is 1.90. The number of hydrogen-bond acceptors (Lipinski definition) is 9. The Morgan fingerprint density at radius 3 is 1.74 bits per heavy atom. The molecule has 12 heteroatoms. The van der Waals surface area contributed by atoms with Crippen LogP contribution in [0.3, 0.4) is 0 Å². The molecule has 3 rings (SSSR count). The van der Waals surface area contributed by atoms with E-state index >= 15 is 0 Å². The minimum absolute atomic E-state index is 0.0132. The van der Waals surface area contributed by atoms with Crippen LogP contribution in [0.15, 0.2) is 53.3 Å². The molecule has 0 aliphatic rings. The van der Waals surface area contributed by atoms with Gasteiger partial charge in [0.2, 0.25) is 10.0 Å². The van der Waals surface area contributed by atoms with Gasteiger partial charge in [0.05, 0.1) is 32.9 Å². The van der Waals surface area contributed by atoms with Crippen LogP contribution in [-0.2, 0) is 28.7 Å². The van der Waals surface area contributed by atoms with Gasteiger partial charge >= 0.3 is 0 Å². The number of aromatic nitrogens is 2. The van der Waals surface area contributed by atoms with Gasteiger partial charge in [0.25, 0.3) is 0 Å². The Morgan fingerprint density at radius 1 is 0.895 bits per heavy atom. The van der Waals surface area contributed by atoms with Crippen LogP contribution in [0.4, 0.5) is 0 Å². The van der Waals surface area contributed by atoms with Crippen molar-refractivity contribution in [1.82, 2.24) is 14.3 Å². The predicted octanol–water partition coefficient (Wildman–Crippen LogP) is 3.90. The number of halogens is 1. The van der Waals surface area contributed by atoms with E-state index in [1.807, 2.05) is 0 Å². The summed E-state index contributed by atoms with van der Waals surface area (Å²) in [5, 5.41) is 10.1. The number of aliphatic hydroxyl groups is 1. The van der Waals surface area contributed by atoms with Crippen molar-refractivity contribution in [3.05, 3.63) is 70.2 Å². The molecule has 0 saturated heterocycles. The molecule has 0 radical (unpaired) electrons. The average molecular weight is 611 g/mol. The highest BCUT2D eigenvalue weighted by Crippen LogP contribution is 2.34. The fourth-order valence-electron chi connectivity index (χ4n) is 3.85. The molecular weight excluding hydrogens is 578 g/mol. The Balaban J connectivity index is 2.08. The number of sulfonamides is 1. The number of ether oxygens (including phenoxy) is 4. The Morgan fingerprint density at radius 2 is 1.34 bits per heavy atom. The van der Waals surface area contributed by atoms with E-state index in [9.17, 15) is 13.5 Å². The molecule has 0 fully saturated rings. The van der Waals surface area contributed by atoms with Crippen LogP contribution in [-0.4, -0.2) is 61.5 Å². The molecule has 0 aliphatic carbocycles. The fraction of sp³-hybridized carbons (Fsp3) is 0.385. The van der Waals surface area contributed by atoms with E-state index < -0.39 is 20.9 Å². The summed E-state index contributed by atoms with van der Waals surface area (Å²) in [5.74, 6) is 2.05. The van der Waals surface area contributed by atoms with E-state index in [1.165, 1.54) is 59.0 Å². The largest absolute Gasteiger partial charge is 0.497 e. The highest BCUT2D eigenvalue weighted by Gasteiger charge is 2.44. The van der Waals surface area contributed by atoms with Gasteiger partial charge in [-0.15, -0.1) is 0 Å². The first-order valence-corrected chi connectivity index (χ1v) is 13.9. The summed E-state index contributed by atoms with van der Waals surface area (Å²) in [6.45, 7) is 2.72. The van der Waals surface area contributed by atoms with Crippen molar-refractivity contribution in [1.29, 1.82) is 0 Å².